The van der Waals surface area contributed by atoms with Crippen LogP contribution in [0.4, 0.5) is 15.8 Å². The van der Waals surface area contributed by atoms with Crippen LogP contribution < -0.4 is 16.4 Å². The van der Waals surface area contributed by atoms with E-state index in [1.807, 2.05) is 0 Å². The molecule has 17 heavy (non-hydrogen) atoms. The third-order valence-corrected chi connectivity index (χ3v) is 2.18. The molecule has 0 atom stereocenters. The van der Waals surface area contributed by atoms with Crippen LogP contribution in [0, 0.1) is 5.82 Å². The summed E-state index contributed by atoms with van der Waals surface area (Å²) >= 11 is 4.73. The molecule has 6 heteroatoms. The molecule has 0 amide bonds. The first kappa shape index (κ1) is 13.7. The second-order valence-electron chi connectivity index (χ2n) is 3.45. The van der Waals surface area contributed by atoms with E-state index < -0.39 is 0 Å². The molecule has 0 aromatic heterocycles. The molecule has 0 aliphatic carbocycles. The Balaban J connectivity index is 2.65. The van der Waals surface area contributed by atoms with Gasteiger partial charge in [-0.05, 0) is 36.8 Å². The summed E-state index contributed by atoms with van der Waals surface area (Å²) in [6, 6.07) is 4.37. The third-order valence-electron chi connectivity index (χ3n) is 2.08. The number of halogens is 1. The summed E-state index contributed by atoms with van der Waals surface area (Å²) in [4.78, 5) is 0. The Morgan fingerprint density at radius 1 is 1.47 bits per heavy atom. The zero-order valence-corrected chi connectivity index (χ0v) is 10.4. The predicted octanol–water partition coefficient (Wildman–Crippen LogP) is 1.93. The number of rotatable bonds is 6. The maximum absolute atomic E-state index is 13.1. The highest BCUT2D eigenvalue weighted by molar-refractivity contribution is 7.80. The van der Waals surface area contributed by atoms with Crippen molar-refractivity contribution in [1.82, 2.24) is 0 Å². The Kier molecular flexibility index (Phi) is 5.65. The molecular formula is C11H16FN3OS. The molecule has 0 saturated carbocycles. The van der Waals surface area contributed by atoms with E-state index in [4.69, 9.17) is 22.7 Å². The van der Waals surface area contributed by atoms with E-state index in [-0.39, 0.29) is 10.9 Å². The first-order chi connectivity index (χ1) is 8.13. The molecule has 0 unspecified atom stereocenters. The van der Waals surface area contributed by atoms with Crippen LogP contribution >= 0.6 is 12.2 Å². The Hall–Kier alpha value is -1.40. The van der Waals surface area contributed by atoms with Crippen LogP contribution in [0.1, 0.15) is 6.42 Å². The smallest absolute Gasteiger partial charge is 0.168 e. The molecule has 94 valence electrons. The number of methoxy groups -OCH3 is 1. The van der Waals surface area contributed by atoms with Crippen LogP contribution in [0.5, 0.6) is 0 Å². The molecule has 1 aromatic carbocycles. The fraction of sp³-hybridized carbons (Fsp3) is 0.364. The van der Waals surface area contributed by atoms with Gasteiger partial charge in [0, 0.05) is 20.3 Å². The molecule has 0 aliphatic rings. The lowest BCUT2D eigenvalue weighted by molar-refractivity contribution is 0.198. The molecule has 0 bridgehead atoms. The zero-order valence-electron chi connectivity index (χ0n) is 9.63. The second-order valence-corrected chi connectivity index (χ2v) is 3.89. The standard InChI is InChI=1S/C11H16FN3OS/c1-16-6-2-5-14-9-4-3-8(12)7-10(9)15-11(13)17/h3-4,7,14H,2,5-6H2,1H3,(H3,13,15,17). The Morgan fingerprint density at radius 2 is 2.24 bits per heavy atom. The van der Waals surface area contributed by atoms with Gasteiger partial charge < -0.3 is 21.1 Å². The van der Waals surface area contributed by atoms with Gasteiger partial charge in [-0.3, -0.25) is 0 Å². The molecule has 1 rings (SSSR count). The third kappa shape index (κ3) is 4.97. The minimum atomic E-state index is -0.341. The Bertz CT molecular complexity index is 387. The number of anilines is 2. The minimum Gasteiger partial charge on any atom is -0.385 e. The highest BCUT2D eigenvalue weighted by atomic mass is 32.1. The Labute approximate surface area is 105 Å². The molecular weight excluding hydrogens is 241 g/mol. The summed E-state index contributed by atoms with van der Waals surface area (Å²) < 4.78 is 18.0. The summed E-state index contributed by atoms with van der Waals surface area (Å²) in [5.74, 6) is -0.341. The van der Waals surface area contributed by atoms with Crippen LogP contribution in [0.15, 0.2) is 18.2 Å². The monoisotopic (exact) mass is 257 g/mol. The first-order valence-corrected chi connectivity index (χ1v) is 5.63. The van der Waals surface area contributed by atoms with Crippen molar-refractivity contribution in [2.45, 2.75) is 6.42 Å². The van der Waals surface area contributed by atoms with E-state index in [1.165, 1.54) is 12.1 Å². The Morgan fingerprint density at radius 3 is 2.88 bits per heavy atom. The van der Waals surface area contributed by atoms with Crippen molar-refractivity contribution in [2.75, 3.05) is 30.9 Å². The first-order valence-electron chi connectivity index (χ1n) is 5.22. The summed E-state index contributed by atoms with van der Waals surface area (Å²) in [5, 5.41) is 5.99. The van der Waals surface area contributed by atoms with E-state index in [0.717, 1.165) is 18.7 Å². The van der Waals surface area contributed by atoms with Crippen molar-refractivity contribution in [3.8, 4) is 0 Å². The lowest BCUT2D eigenvalue weighted by Gasteiger charge is -2.13. The van der Waals surface area contributed by atoms with Crippen molar-refractivity contribution in [1.29, 1.82) is 0 Å². The summed E-state index contributed by atoms with van der Waals surface area (Å²) in [6.45, 7) is 1.40. The number of hydrogen-bond acceptors (Lipinski definition) is 3. The molecule has 0 heterocycles. The number of ether oxygens (including phenoxy) is 1. The van der Waals surface area contributed by atoms with Crippen molar-refractivity contribution in [2.24, 2.45) is 5.73 Å². The topological polar surface area (TPSA) is 59.3 Å². The maximum atomic E-state index is 13.1. The molecule has 0 spiro atoms. The van der Waals surface area contributed by atoms with Crippen LogP contribution in [-0.4, -0.2) is 25.4 Å². The molecule has 0 radical (unpaired) electrons. The predicted molar refractivity (Wildman–Crippen MR) is 71.8 cm³/mol. The number of nitrogens with one attached hydrogen (secondary N) is 2. The zero-order chi connectivity index (χ0) is 12.7. The van der Waals surface area contributed by atoms with Gasteiger partial charge in [0.25, 0.3) is 0 Å². The number of nitrogens with two attached hydrogens (primary N) is 1. The molecule has 0 saturated heterocycles. The summed E-state index contributed by atoms with van der Waals surface area (Å²) in [7, 11) is 1.65. The van der Waals surface area contributed by atoms with E-state index in [9.17, 15) is 4.39 Å². The normalized spacial score (nSPS) is 10.0. The lowest BCUT2D eigenvalue weighted by Crippen LogP contribution is -2.20. The number of hydrogen-bond donors (Lipinski definition) is 3. The number of benzene rings is 1. The molecule has 4 N–H and O–H groups in total. The lowest BCUT2D eigenvalue weighted by atomic mass is 10.2. The number of thiocarbonyl (C=S) groups is 1. The largest absolute Gasteiger partial charge is 0.385 e. The molecule has 4 nitrogen and oxygen atoms in total. The van der Waals surface area contributed by atoms with Crippen molar-refractivity contribution in [3.63, 3.8) is 0 Å². The van der Waals surface area contributed by atoms with Crippen LogP contribution in [-0.2, 0) is 4.74 Å². The van der Waals surface area contributed by atoms with Crippen molar-refractivity contribution >= 4 is 28.7 Å². The van der Waals surface area contributed by atoms with E-state index in [2.05, 4.69) is 10.6 Å². The van der Waals surface area contributed by atoms with Gasteiger partial charge in [-0.2, -0.15) is 0 Å². The van der Waals surface area contributed by atoms with Crippen molar-refractivity contribution in [3.05, 3.63) is 24.0 Å². The average Bonchev–Trinajstić information content (AvgIpc) is 2.26. The molecule has 0 fully saturated rings. The van der Waals surface area contributed by atoms with Gasteiger partial charge in [-0.15, -0.1) is 0 Å². The van der Waals surface area contributed by atoms with Gasteiger partial charge in [-0.25, -0.2) is 4.39 Å². The van der Waals surface area contributed by atoms with Gasteiger partial charge >= 0.3 is 0 Å². The SMILES string of the molecule is COCCCNc1ccc(F)cc1NC(N)=S. The van der Waals surface area contributed by atoms with Crippen molar-refractivity contribution < 1.29 is 9.13 Å². The van der Waals surface area contributed by atoms with Crippen LogP contribution in [0.2, 0.25) is 0 Å². The fourth-order valence-electron chi connectivity index (χ4n) is 1.35. The van der Waals surface area contributed by atoms with E-state index in [1.54, 1.807) is 13.2 Å². The highest BCUT2D eigenvalue weighted by Crippen LogP contribution is 2.22. The quantitative estimate of drug-likeness (QED) is 0.537. The average molecular weight is 257 g/mol. The second kappa shape index (κ2) is 7.03. The summed E-state index contributed by atoms with van der Waals surface area (Å²) in [5.41, 5.74) is 6.67. The maximum Gasteiger partial charge on any atom is 0.168 e. The minimum absolute atomic E-state index is 0.107. The van der Waals surface area contributed by atoms with Gasteiger partial charge in [0.1, 0.15) is 5.82 Å². The van der Waals surface area contributed by atoms with E-state index >= 15 is 0 Å². The van der Waals surface area contributed by atoms with Crippen LogP contribution in [0.3, 0.4) is 0 Å². The van der Waals surface area contributed by atoms with Gasteiger partial charge in [-0.1, -0.05) is 0 Å². The fourth-order valence-corrected chi connectivity index (χ4v) is 1.46. The summed E-state index contributed by atoms with van der Waals surface area (Å²) in [6.07, 6.45) is 0.861. The van der Waals surface area contributed by atoms with Crippen LogP contribution in [0.25, 0.3) is 0 Å². The van der Waals surface area contributed by atoms with E-state index in [0.29, 0.717) is 12.3 Å². The molecule has 0 aliphatic heterocycles. The molecule has 1 aromatic rings. The van der Waals surface area contributed by atoms with Gasteiger partial charge in [0.2, 0.25) is 0 Å². The van der Waals surface area contributed by atoms with Gasteiger partial charge in [0.05, 0.1) is 11.4 Å². The highest BCUT2D eigenvalue weighted by Gasteiger charge is 2.04. The van der Waals surface area contributed by atoms with Gasteiger partial charge in [0.15, 0.2) is 5.11 Å².